The molecule has 0 atom stereocenters. The van der Waals surface area contributed by atoms with Gasteiger partial charge in [0, 0.05) is 19.3 Å². The van der Waals surface area contributed by atoms with Crippen LogP contribution in [0.15, 0.2) is 42.1 Å². The van der Waals surface area contributed by atoms with Crippen molar-refractivity contribution in [1.82, 2.24) is 0 Å². The average Bonchev–Trinajstić information content (AvgIpc) is 2.17. The van der Waals surface area contributed by atoms with Gasteiger partial charge in [0.25, 0.3) is 0 Å². The summed E-state index contributed by atoms with van der Waals surface area (Å²) in [7, 11) is 0.933. The molecule has 15 heavy (non-hydrogen) atoms. The van der Waals surface area contributed by atoms with Crippen LogP contribution in [-0.4, -0.2) is 21.7 Å². The molecule has 0 aliphatic carbocycles. The van der Waals surface area contributed by atoms with Crippen molar-refractivity contribution in [2.75, 3.05) is 18.5 Å². The average molecular weight is 219 g/mol. The van der Waals surface area contributed by atoms with Crippen LogP contribution in [0.1, 0.15) is 0 Å². The summed E-state index contributed by atoms with van der Waals surface area (Å²) in [4.78, 5) is 2.26. The third kappa shape index (κ3) is 3.55. The highest BCUT2D eigenvalue weighted by atomic mass is 28.3. The molecule has 0 saturated heterocycles. The first-order valence-electron chi connectivity index (χ1n) is 5.35. The maximum atomic E-state index is 4.21. The molecule has 0 aliphatic rings. The van der Waals surface area contributed by atoms with Gasteiger partial charge in [0.05, 0.1) is 8.07 Å². The minimum absolute atomic E-state index is 0.972. The number of hydrogen-bond acceptors (Lipinski definition) is 1. The summed E-state index contributed by atoms with van der Waals surface area (Å²) in [6.45, 7) is 12.2. The van der Waals surface area contributed by atoms with Gasteiger partial charge in [-0.05, 0) is 12.1 Å². The second-order valence-corrected chi connectivity index (χ2v) is 10.3. The number of para-hydroxylation sites is 1. The zero-order chi connectivity index (χ0) is 11.5. The summed E-state index contributed by atoms with van der Waals surface area (Å²) in [6.07, 6.45) is 0. The fourth-order valence-corrected chi connectivity index (χ4v) is 2.01. The smallest absolute Gasteiger partial charge is 0.0739 e. The highest BCUT2D eigenvalue weighted by Crippen LogP contribution is 2.17. The molecule has 1 aromatic carbocycles. The van der Waals surface area contributed by atoms with Crippen LogP contribution in [0.4, 0.5) is 5.69 Å². The summed E-state index contributed by atoms with van der Waals surface area (Å²) < 4.78 is 0. The predicted molar refractivity (Wildman–Crippen MR) is 72.2 cm³/mol. The third-order valence-electron chi connectivity index (χ3n) is 2.69. The predicted octanol–water partition coefficient (Wildman–Crippen LogP) is 3.56. The maximum Gasteiger partial charge on any atom is 0.0739 e. The lowest BCUT2D eigenvalue weighted by molar-refractivity contribution is 1.01. The summed E-state index contributed by atoms with van der Waals surface area (Å²) in [5.41, 5.74) is 1.26. The molecule has 1 nitrogen and oxygen atoms in total. The molecular weight excluding hydrogens is 198 g/mol. The van der Waals surface area contributed by atoms with Crippen LogP contribution in [0.25, 0.3) is 0 Å². The first kappa shape index (κ1) is 12.0. The lowest BCUT2D eigenvalue weighted by atomic mass is 10.3. The van der Waals surface area contributed by atoms with Crippen molar-refractivity contribution >= 4 is 13.8 Å². The molecule has 2 heteroatoms. The Kier molecular flexibility index (Phi) is 3.75. The normalized spacial score (nSPS) is 11.2. The van der Waals surface area contributed by atoms with Crippen LogP contribution < -0.4 is 4.90 Å². The van der Waals surface area contributed by atoms with E-state index in [0.717, 1.165) is 6.54 Å². The Balaban J connectivity index is 2.65. The summed E-state index contributed by atoms with van der Waals surface area (Å²) in [5.74, 6) is 0. The van der Waals surface area contributed by atoms with Gasteiger partial charge in [-0.15, -0.1) is 6.58 Å². The van der Waals surface area contributed by atoms with Crippen LogP contribution in [0.2, 0.25) is 19.6 Å². The molecular formula is C13H21NSi. The zero-order valence-electron chi connectivity index (χ0n) is 10.2. The number of likely N-dealkylation sites (N-methyl/N-ethyl adjacent to an activating group) is 1. The van der Waals surface area contributed by atoms with E-state index < -0.39 is 8.07 Å². The van der Waals surface area contributed by atoms with E-state index in [1.165, 1.54) is 10.9 Å². The topological polar surface area (TPSA) is 3.24 Å². The van der Waals surface area contributed by atoms with Crippen molar-refractivity contribution in [2.45, 2.75) is 19.6 Å². The molecule has 0 aliphatic heterocycles. The van der Waals surface area contributed by atoms with E-state index in [0.29, 0.717) is 0 Å². The molecule has 0 N–H and O–H groups in total. The number of rotatable bonds is 4. The van der Waals surface area contributed by atoms with Gasteiger partial charge >= 0.3 is 0 Å². The zero-order valence-corrected chi connectivity index (χ0v) is 11.2. The second-order valence-electron chi connectivity index (χ2n) is 5.05. The molecule has 0 saturated carbocycles. The highest BCUT2D eigenvalue weighted by molar-refractivity contribution is 6.83. The van der Waals surface area contributed by atoms with Crippen LogP contribution >= 0.6 is 0 Å². The molecule has 0 heterocycles. The quantitative estimate of drug-likeness (QED) is 0.700. The lowest BCUT2D eigenvalue weighted by Gasteiger charge is -2.26. The van der Waals surface area contributed by atoms with Crippen molar-refractivity contribution in [3.05, 3.63) is 42.1 Å². The Morgan fingerprint density at radius 3 is 2.20 bits per heavy atom. The van der Waals surface area contributed by atoms with Gasteiger partial charge in [0.2, 0.25) is 0 Å². The summed E-state index contributed by atoms with van der Waals surface area (Å²) in [5, 5.41) is 1.40. The number of anilines is 1. The fraction of sp³-hybridized carbons (Fsp3) is 0.385. The summed E-state index contributed by atoms with van der Waals surface area (Å²) >= 11 is 0. The summed E-state index contributed by atoms with van der Waals surface area (Å²) in [6, 6.07) is 10.5. The van der Waals surface area contributed by atoms with Crippen molar-refractivity contribution in [3.8, 4) is 0 Å². The van der Waals surface area contributed by atoms with E-state index in [1.807, 2.05) is 6.07 Å². The molecule has 0 aromatic heterocycles. The molecule has 1 aromatic rings. The number of benzene rings is 1. The van der Waals surface area contributed by atoms with Gasteiger partial charge in [0.1, 0.15) is 0 Å². The van der Waals surface area contributed by atoms with Gasteiger partial charge in [-0.3, -0.25) is 0 Å². The Morgan fingerprint density at radius 1 is 1.20 bits per heavy atom. The largest absolute Gasteiger partial charge is 0.371 e. The van der Waals surface area contributed by atoms with Crippen molar-refractivity contribution in [1.29, 1.82) is 0 Å². The van der Waals surface area contributed by atoms with Crippen LogP contribution in [0.3, 0.4) is 0 Å². The molecule has 0 amide bonds. The fourth-order valence-electron chi connectivity index (χ4n) is 1.30. The Morgan fingerprint density at radius 2 is 1.73 bits per heavy atom. The second kappa shape index (κ2) is 4.66. The monoisotopic (exact) mass is 219 g/mol. The SMILES string of the molecule is C=C(CN(C)c1ccccc1)[Si](C)(C)C. The van der Waals surface area contributed by atoms with E-state index in [1.54, 1.807) is 0 Å². The maximum absolute atomic E-state index is 4.21. The minimum Gasteiger partial charge on any atom is -0.371 e. The van der Waals surface area contributed by atoms with Crippen molar-refractivity contribution in [3.63, 3.8) is 0 Å². The van der Waals surface area contributed by atoms with Gasteiger partial charge in [-0.1, -0.05) is 43.0 Å². The number of hydrogen-bond donors (Lipinski definition) is 0. The Bertz CT molecular complexity index is 324. The number of nitrogens with zero attached hydrogens (tertiary/aromatic N) is 1. The van der Waals surface area contributed by atoms with E-state index in [4.69, 9.17) is 0 Å². The van der Waals surface area contributed by atoms with Crippen LogP contribution in [0, 0.1) is 0 Å². The molecule has 0 radical (unpaired) electrons. The van der Waals surface area contributed by atoms with Crippen LogP contribution in [0.5, 0.6) is 0 Å². The molecule has 0 bridgehead atoms. The Labute approximate surface area is 94.4 Å². The molecule has 82 valence electrons. The molecule has 0 fully saturated rings. The van der Waals surface area contributed by atoms with Crippen molar-refractivity contribution in [2.24, 2.45) is 0 Å². The lowest BCUT2D eigenvalue weighted by Crippen LogP contribution is -2.32. The van der Waals surface area contributed by atoms with Crippen LogP contribution in [-0.2, 0) is 0 Å². The highest BCUT2D eigenvalue weighted by Gasteiger charge is 2.18. The standard InChI is InChI=1S/C13H21NSi/c1-12(15(3,4)5)11-14(2)13-9-7-6-8-10-13/h6-10H,1,11H2,2-5H3. The van der Waals surface area contributed by atoms with Gasteiger partial charge in [-0.25, -0.2) is 0 Å². The van der Waals surface area contributed by atoms with E-state index in [2.05, 4.69) is 62.4 Å². The van der Waals surface area contributed by atoms with E-state index in [-0.39, 0.29) is 0 Å². The van der Waals surface area contributed by atoms with Crippen molar-refractivity contribution < 1.29 is 0 Å². The van der Waals surface area contributed by atoms with Gasteiger partial charge in [-0.2, -0.15) is 0 Å². The molecule has 0 spiro atoms. The first-order valence-corrected chi connectivity index (χ1v) is 8.85. The van der Waals surface area contributed by atoms with E-state index >= 15 is 0 Å². The third-order valence-corrected chi connectivity index (χ3v) is 4.97. The molecule has 0 unspecified atom stereocenters. The first-order chi connectivity index (χ1) is 6.91. The van der Waals surface area contributed by atoms with Gasteiger partial charge in [0.15, 0.2) is 0 Å². The Hall–Kier alpha value is -1.02. The minimum atomic E-state index is -1.19. The van der Waals surface area contributed by atoms with Gasteiger partial charge < -0.3 is 4.90 Å². The van der Waals surface area contributed by atoms with E-state index in [9.17, 15) is 0 Å². The molecule has 1 rings (SSSR count).